The molecule has 7 heteroatoms. The van der Waals surface area contributed by atoms with Gasteiger partial charge in [0.1, 0.15) is 12.0 Å². The predicted molar refractivity (Wildman–Crippen MR) is 155 cm³/mol. The number of aliphatic hydroxyl groups excluding tert-OH is 1. The summed E-state index contributed by atoms with van der Waals surface area (Å²) in [5.74, 6) is 0.452. The second-order valence-electron chi connectivity index (χ2n) is 10.8. The van der Waals surface area contributed by atoms with Crippen LogP contribution in [0, 0.1) is 5.92 Å². The van der Waals surface area contributed by atoms with Gasteiger partial charge in [-0.25, -0.2) is 4.98 Å². The molecule has 1 amide bonds. The Morgan fingerprint density at radius 1 is 0.975 bits per heavy atom. The van der Waals surface area contributed by atoms with E-state index in [0.29, 0.717) is 24.5 Å². The monoisotopic (exact) mass is 536 g/mol. The van der Waals surface area contributed by atoms with Crippen LogP contribution in [-0.4, -0.2) is 33.4 Å². The number of hydrogen-bond acceptors (Lipinski definition) is 5. The number of aliphatic hydroxyl groups is 1. The van der Waals surface area contributed by atoms with E-state index in [2.05, 4.69) is 68.7 Å². The lowest BCUT2D eigenvalue weighted by Crippen LogP contribution is -2.39. The molecule has 4 aromatic rings. The van der Waals surface area contributed by atoms with Gasteiger partial charge in [-0.2, -0.15) is 0 Å². The van der Waals surface area contributed by atoms with Gasteiger partial charge in [0.25, 0.3) is 5.91 Å². The van der Waals surface area contributed by atoms with Crippen molar-refractivity contribution >= 4 is 5.91 Å². The first-order chi connectivity index (χ1) is 19.7. The molecule has 2 aliphatic rings. The molecule has 2 heterocycles. The first-order valence-electron chi connectivity index (χ1n) is 14.3. The molecular formula is C33H36N4O3. The Morgan fingerprint density at radius 3 is 2.55 bits per heavy atom. The SMILES string of the molecule is O=C(NC(O)C1CCCC1)c1cccc2c1OCCC2NCc1cncn1Cc1ccc(-c2ccccc2)cc1. The molecule has 0 radical (unpaired) electrons. The third kappa shape index (κ3) is 5.81. The van der Waals surface area contributed by atoms with E-state index in [4.69, 9.17) is 4.74 Å². The highest BCUT2D eigenvalue weighted by molar-refractivity contribution is 5.97. The second-order valence-corrected chi connectivity index (χ2v) is 10.8. The number of carbonyl (C=O) groups excluding carboxylic acids is 1. The quantitative estimate of drug-likeness (QED) is 0.248. The number of carbonyl (C=O) groups is 1. The topological polar surface area (TPSA) is 88.4 Å². The summed E-state index contributed by atoms with van der Waals surface area (Å²) >= 11 is 0. The van der Waals surface area contributed by atoms with Crippen molar-refractivity contribution < 1.29 is 14.6 Å². The molecule has 0 spiro atoms. The van der Waals surface area contributed by atoms with E-state index in [-0.39, 0.29) is 17.9 Å². The van der Waals surface area contributed by atoms with Crippen molar-refractivity contribution in [2.24, 2.45) is 5.92 Å². The second kappa shape index (κ2) is 12.1. The molecule has 0 bridgehead atoms. The summed E-state index contributed by atoms with van der Waals surface area (Å²) < 4.78 is 8.16. The highest BCUT2D eigenvalue weighted by Crippen LogP contribution is 2.35. The van der Waals surface area contributed by atoms with Crippen molar-refractivity contribution in [2.75, 3.05) is 6.61 Å². The Labute approximate surface area is 235 Å². The molecule has 7 nitrogen and oxygen atoms in total. The van der Waals surface area contributed by atoms with Gasteiger partial charge in [-0.15, -0.1) is 0 Å². The van der Waals surface area contributed by atoms with E-state index < -0.39 is 6.23 Å². The number of nitrogens with zero attached hydrogens (tertiary/aromatic N) is 2. The molecule has 2 unspecified atom stereocenters. The number of rotatable bonds is 9. The average Bonchev–Trinajstić information content (AvgIpc) is 3.69. The lowest BCUT2D eigenvalue weighted by molar-refractivity contribution is 0.0584. The molecule has 3 aromatic carbocycles. The summed E-state index contributed by atoms with van der Waals surface area (Å²) in [6.07, 6.45) is 7.87. The first-order valence-corrected chi connectivity index (χ1v) is 14.3. The Balaban J connectivity index is 1.11. The van der Waals surface area contributed by atoms with Gasteiger partial charge in [0, 0.05) is 43.2 Å². The smallest absolute Gasteiger partial charge is 0.257 e. The molecule has 1 saturated carbocycles. The van der Waals surface area contributed by atoms with Crippen LogP contribution in [0.4, 0.5) is 0 Å². The van der Waals surface area contributed by atoms with Crippen LogP contribution < -0.4 is 15.4 Å². The molecule has 206 valence electrons. The van der Waals surface area contributed by atoms with Gasteiger partial charge in [0.05, 0.1) is 24.2 Å². The van der Waals surface area contributed by atoms with Crippen molar-refractivity contribution in [1.82, 2.24) is 20.2 Å². The van der Waals surface area contributed by atoms with Gasteiger partial charge in [0.15, 0.2) is 0 Å². The van der Waals surface area contributed by atoms with E-state index in [9.17, 15) is 9.90 Å². The first kappa shape index (κ1) is 26.3. The molecule has 3 N–H and O–H groups in total. The van der Waals surface area contributed by atoms with E-state index in [0.717, 1.165) is 49.9 Å². The summed E-state index contributed by atoms with van der Waals surface area (Å²) in [5, 5.41) is 17.0. The van der Waals surface area contributed by atoms with E-state index in [1.54, 1.807) is 6.07 Å². The Hall–Kier alpha value is -3.94. The minimum Gasteiger partial charge on any atom is -0.492 e. The summed E-state index contributed by atoms with van der Waals surface area (Å²) in [6, 6.07) is 24.8. The van der Waals surface area contributed by atoms with E-state index >= 15 is 0 Å². The van der Waals surface area contributed by atoms with Gasteiger partial charge >= 0.3 is 0 Å². The highest BCUT2D eigenvalue weighted by Gasteiger charge is 2.29. The van der Waals surface area contributed by atoms with Crippen LogP contribution in [-0.2, 0) is 13.1 Å². The molecule has 1 aromatic heterocycles. The van der Waals surface area contributed by atoms with Gasteiger partial charge in [-0.3, -0.25) is 4.79 Å². The number of ether oxygens (including phenoxy) is 1. The van der Waals surface area contributed by atoms with Gasteiger partial charge in [-0.05, 0) is 35.6 Å². The van der Waals surface area contributed by atoms with E-state index in [1.807, 2.05) is 30.7 Å². The summed E-state index contributed by atoms with van der Waals surface area (Å²) in [4.78, 5) is 17.5. The van der Waals surface area contributed by atoms with Crippen LogP contribution in [0.5, 0.6) is 5.75 Å². The normalized spacial score (nSPS) is 17.7. The number of imidazole rings is 1. The fourth-order valence-electron chi connectivity index (χ4n) is 5.91. The Bertz CT molecular complexity index is 1430. The fourth-order valence-corrected chi connectivity index (χ4v) is 5.91. The van der Waals surface area contributed by atoms with Crippen molar-refractivity contribution in [2.45, 2.75) is 57.5 Å². The maximum absolute atomic E-state index is 13.1. The Morgan fingerprint density at radius 2 is 1.75 bits per heavy atom. The van der Waals surface area contributed by atoms with Gasteiger partial charge in [-0.1, -0.05) is 79.6 Å². The van der Waals surface area contributed by atoms with Gasteiger partial charge < -0.3 is 25.0 Å². The largest absolute Gasteiger partial charge is 0.492 e. The zero-order chi connectivity index (χ0) is 27.3. The van der Waals surface area contributed by atoms with Crippen LogP contribution in [0.1, 0.15) is 65.3 Å². The molecule has 0 saturated heterocycles. The zero-order valence-electron chi connectivity index (χ0n) is 22.6. The molecular weight excluding hydrogens is 500 g/mol. The van der Waals surface area contributed by atoms with Crippen LogP contribution in [0.15, 0.2) is 85.3 Å². The fraction of sp³-hybridized carbons (Fsp3) is 0.333. The summed E-state index contributed by atoms with van der Waals surface area (Å²) in [7, 11) is 0. The maximum Gasteiger partial charge on any atom is 0.257 e. The predicted octanol–water partition coefficient (Wildman–Crippen LogP) is 5.45. The lowest BCUT2D eigenvalue weighted by Gasteiger charge is -2.29. The van der Waals surface area contributed by atoms with Crippen LogP contribution >= 0.6 is 0 Å². The average molecular weight is 537 g/mol. The third-order valence-corrected chi connectivity index (χ3v) is 8.19. The lowest BCUT2D eigenvalue weighted by atomic mass is 9.96. The number of benzene rings is 3. The minimum absolute atomic E-state index is 0.0461. The number of nitrogens with one attached hydrogen (secondary N) is 2. The number of hydrogen-bond donors (Lipinski definition) is 3. The molecule has 40 heavy (non-hydrogen) atoms. The Kier molecular flexibility index (Phi) is 7.93. The molecule has 6 rings (SSSR count). The highest BCUT2D eigenvalue weighted by atomic mass is 16.5. The molecule has 1 fully saturated rings. The maximum atomic E-state index is 13.1. The summed E-state index contributed by atoms with van der Waals surface area (Å²) in [6.45, 7) is 1.90. The number of fused-ring (bicyclic) bond motifs is 1. The number of amides is 1. The van der Waals surface area contributed by atoms with Crippen molar-refractivity contribution in [3.05, 3.63) is 108 Å². The summed E-state index contributed by atoms with van der Waals surface area (Å²) in [5.41, 5.74) is 6.17. The van der Waals surface area contributed by atoms with Crippen LogP contribution in [0.2, 0.25) is 0 Å². The van der Waals surface area contributed by atoms with Crippen LogP contribution in [0.25, 0.3) is 11.1 Å². The van der Waals surface area contributed by atoms with E-state index in [1.165, 1.54) is 16.7 Å². The van der Waals surface area contributed by atoms with Crippen molar-refractivity contribution in [1.29, 1.82) is 0 Å². The van der Waals surface area contributed by atoms with Crippen molar-refractivity contribution in [3.63, 3.8) is 0 Å². The van der Waals surface area contributed by atoms with Crippen LogP contribution in [0.3, 0.4) is 0 Å². The third-order valence-electron chi connectivity index (χ3n) is 8.19. The molecule has 1 aliphatic carbocycles. The van der Waals surface area contributed by atoms with Crippen molar-refractivity contribution in [3.8, 4) is 16.9 Å². The molecule has 1 aliphatic heterocycles. The standard InChI is InChI=1S/C33H36N4O3/c38-32(26-9-4-5-10-26)36-33(39)29-12-6-11-28-30(17-18-40-31(28)29)35-20-27-19-34-22-37(27)21-23-13-15-25(16-14-23)24-7-2-1-3-8-24/h1-3,6-8,11-16,19,22,26,30,32,35,38H,4-5,9-10,17-18,20-21H2,(H,36,39). The number of para-hydroxylation sites is 1. The number of aromatic nitrogens is 2. The zero-order valence-corrected chi connectivity index (χ0v) is 22.6. The van der Waals surface area contributed by atoms with Gasteiger partial charge in [0.2, 0.25) is 0 Å². The molecule has 2 atom stereocenters. The minimum atomic E-state index is -0.821.